The number of hydrogen-bond donors (Lipinski definition) is 0. The van der Waals surface area contributed by atoms with E-state index in [-0.39, 0.29) is 17.9 Å². The highest BCUT2D eigenvalue weighted by Crippen LogP contribution is 2.38. The summed E-state index contributed by atoms with van der Waals surface area (Å²) in [5.74, 6) is -0.288. The Morgan fingerprint density at radius 2 is 2.27 bits per heavy atom. The van der Waals surface area contributed by atoms with Crippen LogP contribution in [0.15, 0.2) is 24.5 Å². The van der Waals surface area contributed by atoms with Gasteiger partial charge in [-0.2, -0.15) is 5.26 Å². The molecule has 0 spiro atoms. The van der Waals surface area contributed by atoms with E-state index in [1.165, 1.54) is 18.1 Å². The van der Waals surface area contributed by atoms with Crippen molar-refractivity contribution >= 4 is 5.91 Å². The number of ether oxygens (including phenoxy) is 1. The van der Waals surface area contributed by atoms with Gasteiger partial charge in [-0.1, -0.05) is 0 Å². The van der Waals surface area contributed by atoms with E-state index in [4.69, 9.17) is 4.74 Å². The predicted octanol–water partition coefficient (Wildman–Crippen LogP) is 1.79. The van der Waals surface area contributed by atoms with Crippen LogP contribution in [-0.4, -0.2) is 27.5 Å². The molecule has 0 saturated carbocycles. The Morgan fingerprint density at radius 1 is 1.50 bits per heavy atom. The van der Waals surface area contributed by atoms with E-state index in [0.717, 1.165) is 6.07 Å². The Kier molecular flexibility index (Phi) is 3.29. The fourth-order valence-corrected chi connectivity index (χ4v) is 2.59. The molecule has 112 valence electrons. The van der Waals surface area contributed by atoms with Crippen molar-refractivity contribution in [1.82, 2.24) is 14.5 Å². The van der Waals surface area contributed by atoms with E-state index < -0.39 is 17.8 Å². The third-order valence-electron chi connectivity index (χ3n) is 3.77. The molecule has 0 saturated heterocycles. The topological polar surface area (TPSA) is 71.2 Å². The van der Waals surface area contributed by atoms with Gasteiger partial charge in [-0.15, -0.1) is 0 Å². The van der Waals surface area contributed by atoms with Gasteiger partial charge in [0.2, 0.25) is 0 Å². The largest absolute Gasteiger partial charge is 0.497 e. The first kappa shape index (κ1) is 14.1. The summed E-state index contributed by atoms with van der Waals surface area (Å²) in [6, 6.07) is 3.88. The first-order chi connectivity index (χ1) is 10.6. The molecular weight excluding hydrogens is 287 g/mol. The highest BCUT2D eigenvalue weighted by Gasteiger charge is 2.40. The Balaban J connectivity index is 2.05. The number of carbonyl (C=O) groups excluding carboxylic acids is 1. The van der Waals surface area contributed by atoms with Crippen LogP contribution in [0.1, 0.15) is 27.8 Å². The molecule has 7 heteroatoms. The number of aryl methyl sites for hydroxylation is 1. The van der Waals surface area contributed by atoms with Gasteiger partial charge in [-0.3, -0.25) is 4.79 Å². The van der Waals surface area contributed by atoms with Gasteiger partial charge in [0.05, 0.1) is 25.3 Å². The molecule has 0 radical (unpaired) electrons. The molecule has 0 fully saturated rings. The van der Waals surface area contributed by atoms with Crippen LogP contribution < -0.4 is 4.74 Å². The van der Waals surface area contributed by atoms with Gasteiger partial charge in [0.1, 0.15) is 23.4 Å². The Morgan fingerprint density at radius 3 is 2.86 bits per heavy atom. The van der Waals surface area contributed by atoms with Crippen molar-refractivity contribution < 1.29 is 13.9 Å². The number of amides is 1. The summed E-state index contributed by atoms with van der Waals surface area (Å²) in [5, 5.41) is 9.42. The Labute approximate surface area is 126 Å². The Hall–Kier alpha value is -2.88. The van der Waals surface area contributed by atoms with Crippen molar-refractivity contribution in [2.45, 2.75) is 12.6 Å². The van der Waals surface area contributed by atoms with E-state index in [9.17, 15) is 14.4 Å². The number of carbonyl (C=O) groups is 1. The predicted molar refractivity (Wildman–Crippen MR) is 74.4 cm³/mol. The number of nitrogens with zero attached hydrogens (tertiary/aromatic N) is 4. The fourth-order valence-electron chi connectivity index (χ4n) is 2.59. The summed E-state index contributed by atoms with van der Waals surface area (Å²) < 4.78 is 20.9. The average molecular weight is 300 g/mol. The average Bonchev–Trinajstić information content (AvgIpc) is 3.02. The standard InChI is InChI=1S/C15H13FN4O2/c1-19-4-3-18-13(19)8-20-12(7-17)10-5-9(22-2)6-11(16)14(10)15(20)21/h3-6,12H,8H2,1-2H3. The van der Waals surface area contributed by atoms with Crippen molar-refractivity contribution in [1.29, 1.82) is 5.26 Å². The number of fused-ring (bicyclic) bond motifs is 1. The second-order valence-electron chi connectivity index (χ2n) is 4.99. The van der Waals surface area contributed by atoms with Gasteiger partial charge >= 0.3 is 0 Å². The quantitative estimate of drug-likeness (QED) is 0.866. The van der Waals surface area contributed by atoms with Crippen molar-refractivity contribution in [3.05, 3.63) is 47.3 Å². The smallest absolute Gasteiger partial charge is 0.258 e. The number of aromatic nitrogens is 2. The van der Waals surface area contributed by atoms with E-state index in [2.05, 4.69) is 11.1 Å². The van der Waals surface area contributed by atoms with Gasteiger partial charge in [0.15, 0.2) is 0 Å². The molecule has 1 atom stereocenters. The second kappa shape index (κ2) is 5.15. The zero-order chi connectivity index (χ0) is 15.9. The summed E-state index contributed by atoms with van der Waals surface area (Å²) in [7, 11) is 3.20. The number of nitriles is 1. The van der Waals surface area contributed by atoms with Crippen molar-refractivity contribution in [3.8, 4) is 11.8 Å². The van der Waals surface area contributed by atoms with Gasteiger partial charge in [0.25, 0.3) is 5.91 Å². The molecular formula is C15H13FN4O2. The van der Waals surface area contributed by atoms with Gasteiger partial charge in [0, 0.05) is 31.1 Å². The highest BCUT2D eigenvalue weighted by molar-refractivity contribution is 6.00. The van der Waals surface area contributed by atoms with E-state index in [1.54, 1.807) is 24.0 Å². The first-order valence-electron chi connectivity index (χ1n) is 6.61. The normalized spacial score (nSPS) is 16.5. The molecule has 2 aromatic rings. The van der Waals surface area contributed by atoms with E-state index in [1.807, 2.05) is 0 Å². The number of halogens is 1. The SMILES string of the molecule is COc1cc(F)c2c(c1)C(C#N)N(Cc1nccn1C)C2=O. The summed E-state index contributed by atoms with van der Waals surface area (Å²) in [4.78, 5) is 17.9. The van der Waals surface area contributed by atoms with Crippen molar-refractivity contribution in [2.75, 3.05) is 7.11 Å². The van der Waals surface area contributed by atoms with Crippen LogP contribution in [0.25, 0.3) is 0 Å². The highest BCUT2D eigenvalue weighted by atomic mass is 19.1. The van der Waals surface area contributed by atoms with Gasteiger partial charge < -0.3 is 14.2 Å². The molecule has 1 unspecified atom stereocenters. The number of benzene rings is 1. The lowest BCUT2D eigenvalue weighted by atomic mass is 10.0. The lowest BCUT2D eigenvalue weighted by molar-refractivity contribution is 0.0735. The fraction of sp³-hybridized carbons (Fsp3) is 0.267. The van der Waals surface area contributed by atoms with Gasteiger partial charge in [-0.25, -0.2) is 9.37 Å². The molecule has 1 aromatic carbocycles. The third-order valence-corrected chi connectivity index (χ3v) is 3.77. The number of methoxy groups -OCH3 is 1. The summed E-state index contributed by atoms with van der Waals surface area (Å²) in [6.07, 6.45) is 3.35. The molecule has 1 aliphatic rings. The number of imidazole rings is 1. The number of hydrogen-bond acceptors (Lipinski definition) is 4. The number of rotatable bonds is 3. The molecule has 1 amide bonds. The summed E-state index contributed by atoms with van der Waals surface area (Å²) >= 11 is 0. The minimum absolute atomic E-state index is 0.0680. The molecule has 0 bridgehead atoms. The zero-order valence-corrected chi connectivity index (χ0v) is 12.1. The van der Waals surface area contributed by atoms with Crippen LogP contribution in [0, 0.1) is 17.1 Å². The maximum Gasteiger partial charge on any atom is 0.258 e. The maximum absolute atomic E-state index is 14.2. The van der Waals surface area contributed by atoms with Crippen LogP contribution in [0.3, 0.4) is 0 Å². The molecule has 0 aliphatic carbocycles. The second-order valence-corrected chi connectivity index (χ2v) is 4.99. The third kappa shape index (κ3) is 2.00. The van der Waals surface area contributed by atoms with Crippen LogP contribution >= 0.6 is 0 Å². The summed E-state index contributed by atoms with van der Waals surface area (Å²) in [5.41, 5.74) is 0.264. The molecule has 1 aliphatic heterocycles. The summed E-state index contributed by atoms with van der Waals surface area (Å²) in [6.45, 7) is 0.136. The first-order valence-corrected chi connectivity index (χ1v) is 6.61. The lowest BCUT2D eigenvalue weighted by Crippen LogP contribution is -2.28. The van der Waals surface area contributed by atoms with E-state index >= 15 is 0 Å². The molecule has 22 heavy (non-hydrogen) atoms. The Bertz CT molecular complexity index is 793. The monoisotopic (exact) mass is 300 g/mol. The molecule has 6 nitrogen and oxygen atoms in total. The zero-order valence-electron chi connectivity index (χ0n) is 12.1. The van der Waals surface area contributed by atoms with Crippen LogP contribution in [0.5, 0.6) is 5.75 Å². The lowest BCUT2D eigenvalue weighted by Gasteiger charge is -2.19. The van der Waals surface area contributed by atoms with Crippen LogP contribution in [0.2, 0.25) is 0 Å². The van der Waals surface area contributed by atoms with E-state index in [0.29, 0.717) is 11.4 Å². The molecule has 2 heterocycles. The molecule has 0 N–H and O–H groups in total. The maximum atomic E-state index is 14.2. The van der Waals surface area contributed by atoms with Crippen LogP contribution in [0.4, 0.5) is 4.39 Å². The molecule has 1 aromatic heterocycles. The van der Waals surface area contributed by atoms with Crippen molar-refractivity contribution in [2.24, 2.45) is 7.05 Å². The minimum Gasteiger partial charge on any atom is -0.497 e. The van der Waals surface area contributed by atoms with Gasteiger partial charge in [-0.05, 0) is 6.07 Å². The minimum atomic E-state index is -0.858. The molecule has 3 rings (SSSR count). The van der Waals surface area contributed by atoms with Crippen molar-refractivity contribution in [3.63, 3.8) is 0 Å². The van der Waals surface area contributed by atoms with Crippen LogP contribution in [-0.2, 0) is 13.6 Å².